The van der Waals surface area contributed by atoms with Gasteiger partial charge in [0.05, 0.1) is 12.2 Å². The summed E-state index contributed by atoms with van der Waals surface area (Å²) in [7, 11) is 0. The molecule has 0 aliphatic carbocycles. The van der Waals surface area contributed by atoms with Crippen molar-refractivity contribution in [2.45, 2.75) is 33.0 Å². The molecule has 0 saturated carbocycles. The van der Waals surface area contributed by atoms with Gasteiger partial charge < -0.3 is 4.90 Å². The number of carbonyl (C=O) groups excluding carboxylic acids is 1. The van der Waals surface area contributed by atoms with E-state index in [4.69, 9.17) is 0 Å². The molecule has 1 aliphatic rings. The van der Waals surface area contributed by atoms with E-state index in [-0.39, 0.29) is 11.9 Å². The molecule has 5 heteroatoms. The van der Waals surface area contributed by atoms with E-state index in [9.17, 15) is 4.79 Å². The van der Waals surface area contributed by atoms with Crippen molar-refractivity contribution in [2.75, 3.05) is 19.6 Å². The summed E-state index contributed by atoms with van der Waals surface area (Å²) >= 11 is 0. The minimum absolute atomic E-state index is 0.128. The SMILES string of the molecule is CCn1cc(CN2CCN(C(C)=O)[C@H](c3ccccc3)C2)cn1. The van der Waals surface area contributed by atoms with Crippen molar-refractivity contribution in [2.24, 2.45) is 0 Å². The number of benzene rings is 1. The highest BCUT2D eigenvalue weighted by atomic mass is 16.2. The van der Waals surface area contributed by atoms with Crippen LogP contribution in [0.3, 0.4) is 0 Å². The van der Waals surface area contributed by atoms with E-state index >= 15 is 0 Å². The lowest BCUT2D eigenvalue weighted by Gasteiger charge is -2.41. The molecule has 5 nitrogen and oxygen atoms in total. The summed E-state index contributed by atoms with van der Waals surface area (Å²) in [5, 5.41) is 4.35. The predicted octanol–water partition coefficient (Wildman–Crippen LogP) is 2.31. The minimum Gasteiger partial charge on any atom is -0.333 e. The van der Waals surface area contributed by atoms with E-state index in [1.165, 1.54) is 11.1 Å². The molecule has 1 aromatic carbocycles. The van der Waals surface area contributed by atoms with Crippen LogP contribution < -0.4 is 0 Å². The molecule has 0 N–H and O–H groups in total. The lowest BCUT2D eigenvalue weighted by atomic mass is 10.0. The first kappa shape index (κ1) is 15.7. The lowest BCUT2D eigenvalue weighted by molar-refractivity contribution is -0.134. The van der Waals surface area contributed by atoms with Crippen LogP contribution in [0, 0.1) is 0 Å². The quantitative estimate of drug-likeness (QED) is 0.870. The van der Waals surface area contributed by atoms with Crippen molar-refractivity contribution in [3.05, 3.63) is 53.9 Å². The molecule has 2 heterocycles. The van der Waals surface area contributed by atoms with E-state index in [1.54, 1.807) is 6.92 Å². The number of aromatic nitrogens is 2. The van der Waals surface area contributed by atoms with Crippen LogP contribution in [-0.2, 0) is 17.9 Å². The summed E-state index contributed by atoms with van der Waals surface area (Å²) in [5.74, 6) is 0.150. The molecular weight excluding hydrogens is 288 g/mol. The number of nitrogens with zero attached hydrogens (tertiary/aromatic N) is 4. The molecule has 1 aromatic heterocycles. The Hall–Kier alpha value is -2.14. The third-order valence-corrected chi connectivity index (χ3v) is 4.47. The molecule has 1 fully saturated rings. The number of hydrogen-bond donors (Lipinski definition) is 0. The predicted molar refractivity (Wildman–Crippen MR) is 89.7 cm³/mol. The number of rotatable bonds is 4. The number of piperazine rings is 1. The van der Waals surface area contributed by atoms with Crippen LogP contribution in [0.25, 0.3) is 0 Å². The molecule has 1 aliphatic heterocycles. The number of amides is 1. The molecule has 23 heavy (non-hydrogen) atoms. The maximum absolute atomic E-state index is 12.0. The second kappa shape index (κ2) is 6.96. The molecule has 0 radical (unpaired) electrons. The molecule has 0 spiro atoms. The highest BCUT2D eigenvalue weighted by Crippen LogP contribution is 2.26. The van der Waals surface area contributed by atoms with Crippen LogP contribution in [-0.4, -0.2) is 45.1 Å². The Labute approximate surface area is 137 Å². The van der Waals surface area contributed by atoms with E-state index in [0.29, 0.717) is 0 Å². The summed E-state index contributed by atoms with van der Waals surface area (Å²) in [4.78, 5) is 16.4. The Morgan fingerprint density at radius 2 is 2.04 bits per heavy atom. The van der Waals surface area contributed by atoms with Crippen LogP contribution in [0.5, 0.6) is 0 Å². The average Bonchev–Trinajstić information content (AvgIpc) is 3.03. The smallest absolute Gasteiger partial charge is 0.220 e. The topological polar surface area (TPSA) is 41.4 Å². The van der Waals surface area contributed by atoms with Gasteiger partial charge in [-0.2, -0.15) is 5.10 Å². The van der Waals surface area contributed by atoms with Crippen LogP contribution in [0.15, 0.2) is 42.7 Å². The third kappa shape index (κ3) is 3.62. The van der Waals surface area contributed by atoms with E-state index < -0.39 is 0 Å². The van der Waals surface area contributed by atoms with Crippen LogP contribution in [0.2, 0.25) is 0 Å². The zero-order chi connectivity index (χ0) is 16.2. The first-order valence-electron chi connectivity index (χ1n) is 8.23. The van der Waals surface area contributed by atoms with Crippen molar-refractivity contribution < 1.29 is 4.79 Å². The van der Waals surface area contributed by atoms with Gasteiger partial charge in [-0.25, -0.2) is 0 Å². The first-order valence-corrected chi connectivity index (χ1v) is 8.23. The van der Waals surface area contributed by atoms with Crippen molar-refractivity contribution >= 4 is 5.91 Å². The third-order valence-electron chi connectivity index (χ3n) is 4.47. The zero-order valence-electron chi connectivity index (χ0n) is 13.9. The number of carbonyl (C=O) groups is 1. The molecule has 2 aromatic rings. The zero-order valence-corrected chi connectivity index (χ0v) is 13.9. The van der Waals surface area contributed by atoms with Crippen molar-refractivity contribution in [1.82, 2.24) is 19.6 Å². The molecular formula is C18H24N4O. The van der Waals surface area contributed by atoms with Gasteiger partial charge in [0.1, 0.15) is 0 Å². The normalized spacial score (nSPS) is 19.0. The van der Waals surface area contributed by atoms with Gasteiger partial charge in [-0.05, 0) is 12.5 Å². The van der Waals surface area contributed by atoms with Gasteiger partial charge in [0.15, 0.2) is 0 Å². The van der Waals surface area contributed by atoms with Gasteiger partial charge in [0, 0.05) is 51.4 Å². The Morgan fingerprint density at radius 1 is 1.26 bits per heavy atom. The number of hydrogen-bond acceptors (Lipinski definition) is 3. The van der Waals surface area contributed by atoms with E-state index in [2.05, 4.69) is 35.3 Å². The standard InChI is InChI=1S/C18H24N4O/c1-3-21-13-16(11-19-21)12-20-9-10-22(15(2)23)18(14-20)17-7-5-4-6-8-17/h4-8,11,13,18H,3,9-10,12,14H2,1-2H3/t18-/m0/s1. The van der Waals surface area contributed by atoms with Gasteiger partial charge in [-0.3, -0.25) is 14.4 Å². The second-order valence-corrected chi connectivity index (χ2v) is 6.08. The highest BCUT2D eigenvalue weighted by Gasteiger charge is 2.29. The van der Waals surface area contributed by atoms with Crippen LogP contribution >= 0.6 is 0 Å². The summed E-state index contributed by atoms with van der Waals surface area (Å²) < 4.78 is 1.95. The Bertz CT molecular complexity index is 652. The Kier molecular flexibility index (Phi) is 4.76. The van der Waals surface area contributed by atoms with Gasteiger partial charge in [-0.15, -0.1) is 0 Å². The summed E-state index contributed by atoms with van der Waals surface area (Å²) in [6.45, 7) is 8.07. The van der Waals surface area contributed by atoms with E-state index in [1.807, 2.05) is 34.0 Å². The van der Waals surface area contributed by atoms with Crippen molar-refractivity contribution in [3.8, 4) is 0 Å². The maximum Gasteiger partial charge on any atom is 0.220 e. The van der Waals surface area contributed by atoms with Gasteiger partial charge in [0.25, 0.3) is 0 Å². The largest absolute Gasteiger partial charge is 0.333 e. The fraction of sp³-hybridized carbons (Fsp3) is 0.444. The minimum atomic E-state index is 0.128. The Morgan fingerprint density at radius 3 is 2.70 bits per heavy atom. The second-order valence-electron chi connectivity index (χ2n) is 6.08. The molecule has 1 saturated heterocycles. The molecule has 3 rings (SSSR count). The van der Waals surface area contributed by atoms with Crippen molar-refractivity contribution in [1.29, 1.82) is 0 Å². The first-order chi connectivity index (χ1) is 11.2. The van der Waals surface area contributed by atoms with E-state index in [0.717, 1.165) is 32.7 Å². The van der Waals surface area contributed by atoms with Crippen LogP contribution in [0.1, 0.15) is 31.0 Å². The summed E-state index contributed by atoms with van der Waals surface area (Å²) in [6.07, 6.45) is 4.05. The van der Waals surface area contributed by atoms with Gasteiger partial charge >= 0.3 is 0 Å². The maximum atomic E-state index is 12.0. The Balaban J connectivity index is 1.74. The molecule has 122 valence electrons. The van der Waals surface area contributed by atoms with Gasteiger partial charge in [-0.1, -0.05) is 30.3 Å². The average molecular weight is 312 g/mol. The monoisotopic (exact) mass is 312 g/mol. The number of aryl methyl sites for hydroxylation is 1. The molecule has 1 amide bonds. The lowest BCUT2D eigenvalue weighted by Crippen LogP contribution is -2.49. The molecule has 0 bridgehead atoms. The highest BCUT2D eigenvalue weighted by molar-refractivity contribution is 5.74. The van der Waals surface area contributed by atoms with Crippen LogP contribution in [0.4, 0.5) is 0 Å². The summed E-state index contributed by atoms with van der Waals surface area (Å²) in [6, 6.07) is 10.4. The fourth-order valence-corrected chi connectivity index (χ4v) is 3.24. The molecule has 0 unspecified atom stereocenters. The molecule has 1 atom stereocenters. The van der Waals surface area contributed by atoms with Crippen molar-refractivity contribution in [3.63, 3.8) is 0 Å². The fourth-order valence-electron chi connectivity index (χ4n) is 3.24. The van der Waals surface area contributed by atoms with Gasteiger partial charge in [0.2, 0.25) is 5.91 Å². The summed E-state index contributed by atoms with van der Waals surface area (Å²) in [5.41, 5.74) is 2.44.